The average molecular weight is 514 g/mol. The number of esters is 1. The molecule has 2 aromatic carbocycles. The number of aryl methyl sites for hydroxylation is 1. The van der Waals surface area contributed by atoms with Crippen LogP contribution in [0, 0.1) is 24.0 Å². The van der Waals surface area contributed by atoms with E-state index < -0.39 is 10.9 Å². The monoisotopic (exact) mass is 513 g/mol. The predicted molar refractivity (Wildman–Crippen MR) is 124 cm³/mol. The van der Waals surface area contributed by atoms with Gasteiger partial charge < -0.3 is 4.74 Å². The molecule has 0 unspecified atom stereocenters. The van der Waals surface area contributed by atoms with Gasteiger partial charge in [0.15, 0.2) is 0 Å². The number of carbonyl (C=O) groups excluding carboxylic acids is 2. The lowest BCUT2D eigenvalue weighted by atomic mass is 10.1. The number of aromatic nitrogens is 2. The minimum Gasteiger partial charge on any atom is -0.422 e. The van der Waals surface area contributed by atoms with Crippen LogP contribution in [0.1, 0.15) is 34.2 Å². The Morgan fingerprint density at radius 2 is 1.85 bits per heavy atom. The lowest BCUT2D eigenvalue weighted by Gasteiger charge is -2.10. The van der Waals surface area contributed by atoms with E-state index in [1.165, 1.54) is 24.3 Å². The minimum absolute atomic E-state index is 0.00811. The van der Waals surface area contributed by atoms with Crippen LogP contribution < -0.4 is 10.2 Å². The number of para-hydroxylation sites is 1. The fourth-order valence-electron chi connectivity index (χ4n) is 2.94. The van der Waals surface area contributed by atoms with Crippen LogP contribution in [0.25, 0.3) is 0 Å². The van der Waals surface area contributed by atoms with Crippen LogP contribution in [-0.4, -0.2) is 32.3 Å². The zero-order valence-electron chi connectivity index (χ0n) is 18.0. The maximum Gasteiger partial charge on any atom is 0.343 e. The number of ether oxygens (including phenoxy) is 1. The minimum atomic E-state index is -0.677. The molecule has 1 amide bonds. The van der Waals surface area contributed by atoms with Crippen LogP contribution in [-0.2, 0) is 11.3 Å². The highest BCUT2D eigenvalue weighted by atomic mass is 79.9. The van der Waals surface area contributed by atoms with Crippen LogP contribution in [0.3, 0.4) is 0 Å². The molecule has 0 bridgehead atoms. The van der Waals surface area contributed by atoms with Gasteiger partial charge in [-0.3, -0.25) is 19.6 Å². The van der Waals surface area contributed by atoms with Gasteiger partial charge >= 0.3 is 5.97 Å². The second kappa shape index (κ2) is 10.2. The number of nitro benzene ring substituents is 1. The fourth-order valence-corrected chi connectivity index (χ4v) is 3.22. The van der Waals surface area contributed by atoms with E-state index in [4.69, 9.17) is 4.74 Å². The largest absolute Gasteiger partial charge is 0.422 e. The molecule has 11 heteroatoms. The van der Waals surface area contributed by atoms with Gasteiger partial charge in [0.25, 0.3) is 11.6 Å². The van der Waals surface area contributed by atoms with Crippen LogP contribution in [0.2, 0.25) is 0 Å². The summed E-state index contributed by atoms with van der Waals surface area (Å²) < 4.78 is 7.88. The maximum absolute atomic E-state index is 12.5. The number of rotatable bonds is 7. The predicted octanol–water partition coefficient (Wildman–Crippen LogP) is 3.93. The van der Waals surface area contributed by atoms with Gasteiger partial charge in [-0.2, -0.15) is 10.2 Å². The molecule has 33 heavy (non-hydrogen) atoms. The van der Waals surface area contributed by atoms with Crippen molar-refractivity contribution in [3.63, 3.8) is 0 Å². The van der Waals surface area contributed by atoms with Gasteiger partial charge in [0.1, 0.15) is 12.3 Å². The second-order valence-electron chi connectivity index (χ2n) is 7.06. The Morgan fingerprint density at radius 3 is 2.45 bits per heavy atom. The van der Waals surface area contributed by atoms with Gasteiger partial charge in [0.05, 0.1) is 32.1 Å². The standard InChI is InChI=1S/C22H20BrN5O5/c1-13(24-25-20(29)12-27-15(3)21(23)14(2)26-27)18-6-4-5-7-19(18)33-22(30)16-8-10-17(11-9-16)28(31)32/h4-11H,12H2,1-3H3,(H,25,29)/b24-13+. The zero-order chi connectivity index (χ0) is 24.1. The summed E-state index contributed by atoms with van der Waals surface area (Å²) in [5, 5.41) is 19.2. The van der Waals surface area contributed by atoms with Gasteiger partial charge in [-0.05, 0) is 61.0 Å². The molecule has 0 fully saturated rings. The van der Waals surface area contributed by atoms with E-state index in [0.29, 0.717) is 11.3 Å². The number of carbonyl (C=O) groups is 2. The molecule has 1 heterocycles. The molecule has 0 atom stereocenters. The van der Waals surface area contributed by atoms with E-state index >= 15 is 0 Å². The Bertz CT molecular complexity index is 1250. The molecule has 0 spiro atoms. The number of hydrogen-bond donors (Lipinski definition) is 1. The number of hydrogen-bond acceptors (Lipinski definition) is 7. The van der Waals surface area contributed by atoms with Crippen molar-refractivity contribution in [1.29, 1.82) is 0 Å². The van der Waals surface area contributed by atoms with E-state index in [9.17, 15) is 19.7 Å². The van der Waals surface area contributed by atoms with Gasteiger partial charge in [0, 0.05) is 17.7 Å². The first-order chi connectivity index (χ1) is 15.7. The molecular weight excluding hydrogens is 494 g/mol. The summed E-state index contributed by atoms with van der Waals surface area (Å²) in [7, 11) is 0. The number of halogens is 1. The van der Waals surface area contributed by atoms with E-state index in [0.717, 1.165) is 15.9 Å². The molecule has 10 nitrogen and oxygen atoms in total. The van der Waals surface area contributed by atoms with Gasteiger partial charge in [-0.25, -0.2) is 10.2 Å². The third-order valence-corrected chi connectivity index (χ3v) is 5.88. The lowest BCUT2D eigenvalue weighted by Crippen LogP contribution is -2.25. The third kappa shape index (κ3) is 5.69. The number of benzene rings is 2. The zero-order valence-corrected chi connectivity index (χ0v) is 19.6. The normalized spacial score (nSPS) is 11.2. The maximum atomic E-state index is 12.5. The van der Waals surface area contributed by atoms with Crippen molar-refractivity contribution in [2.45, 2.75) is 27.3 Å². The molecule has 1 aromatic heterocycles. The summed E-state index contributed by atoms with van der Waals surface area (Å²) >= 11 is 3.42. The number of nitro groups is 1. The van der Waals surface area contributed by atoms with Crippen molar-refractivity contribution < 1.29 is 19.2 Å². The topological polar surface area (TPSA) is 129 Å². The molecule has 0 saturated heterocycles. The van der Waals surface area contributed by atoms with E-state index in [-0.39, 0.29) is 29.5 Å². The summed E-state index contributed by atoms with van der Waals surface area (Å²) in [5.41, 5.74) is 5.05. The Morgan fingerprint density at radius 1 is 1.18 bits per heavy atom. The lowest BCUT2D eigenvalue weighted by molar-refractivity contribution is -0.384. The highest BCUT2D eigenvalue weighted by Gasteiger charge is 2.15. The Labute approximate surface area is 197 Å². The number of nitrogens with one attached hydrogen (secondary N) is 1. The van der Waals surface area contributed by atoms with E-state index in [1.54, 1.807) is 35.9 Å². The molecule has 3 aromatic rings. The van der Waals surface area contributed by atoms with E-state index in [1.807, 2.05) is 13.8 Å². The average Bonchev–Trinajstić information content (AvgIpc) is 3.04. The Kier molecular flexibility index (Phi) is 7.34. The first-order valence-corrected chi connectivity index (χ1v) is 10.6. The molecule has 0 radical (unpaired) electrons. The second-order valence-corrected chi connectivity index (χ2v) is 7.86. The summed E-state index contributed by atoms with van der Waals surface area (Å²) in [6.45, 7) is 5.34. The van der Waals surface area contributed by atoms with Gasteiger partial charge in [-0.15, -0.1) is 0 Å². The van der Waals surface area contributed by atoms with Crippen molar-refractivity contribution in [3.05, 3.63) is 85.6 Å². The molecule has 0 aliphatic rings. The van der Waals surface area contributed by atoms with Gasteiger partial charge in [0.2, 0.25) is 0 Å². The molecule has 170 valence electrons. The highest BCUT2D eigenvalue weighted by molar-refractivity contribution is 9.10. The first-order valence-electron chi connectivity index (χ1n) is 9.76. The molecular formula is C22H20BrN5O5. The van der Waals surface area contributed by atoms with Crippen LogP contribution >= 0.6 is 15.9 Å². The van der Waals surface area contributed by atoms with Crippen LogP contribution in [0.5, 0.6) is 5.75 Å². The van der Waals surface area contributed by atoms with Crippen molar-refractivity contribution in [2.24, 2.45) is 5.10 Å². The smallest absolute Gasteiger partial charge is 0.343 e. The van der Waals surface area contributed by atoms with Gasteiger partial charge in [-0.1, -0.05) is 12.1 Å². The summed E-state index contributed by atoms with van der Waals surface area (Å²) in [4.78, 5) is 35.0. The number of hydrazone groups is 1. The van der Waals surface area contributed by atoms with Crippen molar-refractivity contribution in [3.8, 4) is 5.75 Å². The third-order valence-electron chi connectivity index (χ3n) is 4.73. The van der Waals surface area contributed by atoms with Crippen LogP contribution in [0.4, 0.5) is 5.69 Å². The van der Waals surface area contributed by atoms with Crippen molar-refractivity contribution in [2.75, 3.05) is 0 Å². The van der Waals surface area contributed by atoms with Crippen LogP contribution in [0.15, 0.2) is 58.1 Å². The first kappa shape index (κ1) is 23.8. The van der Waals surface area contributed by atoms with E-state index in [2.05, 4.69) is 31.6 Å². The quantitative estimate of drug-likeness (QED) is 0.167. The summed E-state index contributed by atoms with van der Waals surface area (Å²) in [6, 6.07) is 11.8. The number of non-ortho nitro benzene ring substituents is 1. The summed E-state index contributed by atoms with van der Waals surface area (Å²) in [6.07, 6.45) is 0. The SMILES string of the molecule is C/C(=N\NC(=O)Cn1nc(C)c(Br)c1C)c1ccccc1OC(=O)c1ccc([N+](=O)[O-])cc1. The molecule has 3 rings (SSSR count). The molecule has 0 aliphatic carbocycles. The highest BCUT2D eigenvalue weighted by Crippen LogP contribution is 2.22. The van der Waals surface area contributed by atoms with Crippen molar-refractivity contribution in [1.82, 2.24) is 15.2 Å². The molecule has 0 saturated carbocycles. The summed E-state index contributed by atoms with van der Waals surface area (Å²) in [5.74, 6) is -0.809. The number of nitrogens with zero attached hydrogens (tertiary/aromatic N) is 4. The Balaban J connectivity index is 1.71. The van der Waals surface area contributed by atoms with Crippen molar-refractivity contribution >= 4 is 39.2 Å². The molecule has 1 N–H and O–H groups in total. The molecule has 0 aliphatic heterocycles. The Hall–Kier alpha value is -3.86. The fraction of sp³-hybridized carbons (Fsp3) is 0.182. The number of amides is 1.